The third-order valence-electron chi connectivity index (χ3n) is 4.56. The molecule has 0 aromatic rings. The van der Waals surface area contributed by atoms with E-state index in [0.717, 1.165) is 0 Å². The minimum absolute atomic E-state index is 0.321. The van der Waals surface area contributed by atoms with Crippen LogP contribution in [0.25, 0.3) is 0 Å². The summed E-state index contributed by atoms with van der Waals surface area (Å²) in [7, 11) is 0. The first kappa shape index (κ1) is 15.0. The smallest absolute Gasteiger partial charge is 0.0487 e. The number of rotatable bonds is 9. The quantitative estimate of drug-likeness (QED) is 0.558. The van der Waals surface area contributed by atoms with Gasteiger partial charge in [-0.1, -0.05) is 71.1 Å². The van der Waals surface area contributed by atoms with Crippen LogP contribution in [0.3, 0.4) is 0 Å². The van der Waals surface area contributed by atoms with Gasteiger partial charge in [0.1, 0.15) is 0 Å². The van der Waals surface area contributed by atoms with Crippen molar-refractivity contribution < 1.29 is 5.11 Å². The second-order valence-corrected chi connectivity index (χ2v) is 6.09. The van der Waals surface area contributed by atoms with Crippen LogP contribution in [0, 0.1) is 5.41 Å². The lowest BCUT2D eigenvalue weighted by Gasteiger charge is -2.35. The fourth-order valence-electron chi connectivity index (χ4n) is 3.25. The normalized spacial score (nSPS) is 19.4. The molecule has 0 spiro atoms. The molecule has 0 bridgehead atoms. The molecule has 1 N–H and O–H groups in total. The maximum atomic E-state index is 9.61. The molecule has 1 aliphatic carbocycles. The third kappa shape index (κ3) is 5.90. The van der Waals surface area contributed by atoms with Crippen LogP contribution in [0.1, 0.15) is 90.4 Å². The first-order chi connectivity index (χ1) is 8.33. The van der Waals surface area contributed by atoms with Crippen molar-refractivity contribution in [2.45, 2.75) is 90.4 Å². The van der Waals surface area contributed by atoms with Crippen LogP contribution in [-0.2, 0) is 0 Å². The van der Waals surface area contributed by atoms with E-state index in [0.29, 0.717) is 12.0 Å². The second-order valence-electron chi connectivity index (χ2n) is 6.09. The molecule has 0 amide bonds. The van der Waals surface area contributed by atoms with Gasteiger partial charge >= 0.3 is 0 Å². The van der Waals surface area contributed by atoms with Crippen molar-refractivity contribution in [3.8, 4) is 0 Å². The van der Waals surface area contributed by atoms with Gasteiger partial charge in [0.25, 0.3) is 0 Å². The molecular formula is C16H32O. The predicted octanol–water partition coefficient (Wildman–Crippen LogP) is 5.07. The summed E-state index contributed by atoms with van der Waals surface area (Å²) in [5, 5.41) is 9.61. The van der Waals surface area contributed by atoms with Gasteiger partial charge in [-0.25, -0.2) is 0 Å². The van der Waals surface area contributed by atoms with Crippen LogP contribution in [0.5, 0.6) is 0 Å². The Bertz CT molecular complexity index is 170. The average molecular weight is 240 g/mol. The first-order valence-corrected chi connectivity index (χ1v) is 7.94. The van der Waals surface area contributed by atoms with E-state index in [1.807, 2.05) is 0 Å². The zero-order chi connectivity index (χ0) is 12.4. The Morgan fingerprint density at radius 3 is 2.00 bits per heavy atom. The molecule has 1 aliphatic rings. The number of hydrogen-bond acceptors (Lipinski definition) is 1. The van der Waals surface area contributed by atoms with Gasteiger partial charge in [0.05, 0.1) is 0 Å². The minimum atomic E-state index is 0.321. The van der Waals surface area contributed by atoms with Crippen molar-refractivity contribution >= 4 is 0 Å². The Balaban J connectivity index is 2.03. The maximum Gasteiger partial charge on any atom is 0.0487 e. The van der Waals surface area contributed by atoms with Crippen molar-refractivity contribution in [1.29, 1.82) is 0 Å². The van der Waals surface area contributed by atoms with Gasteiger partial charge in [-0.3, -0.25) is 0 Å². The molecule has 102 valence electrons. The summed E-state index contributed by atoms with van der Waals surface area (Å²) in [6.45, 7) is 2.71. The molecule has 0 aliphatic heterocycles. The molecule has 1 fully saturated rings. The fourth-order valence-corrected chi connectivity index (χ4v) is 3.25. The van der Waals surface area contributed by atoms with Crippen molar-refractivity contribution in [1.82, 2.24) is 0 Å². The molecule has 1 rings (SSSR count). The largest absolute Gasteiger partial charge is 0.396 e. The predicted molar refractivity (Wildman–Crippen MR) is 75.2 cm³/mol. The van der Waals surface area contributed by atoms with Crippen LogP contribution in [0.15, 0.2) is 0 Å². The highest BCUT2D eigenvalue weighted by molar-refractivity contribution is 4.82. The number of aliphatic hydroxyl groups excluding tert-OH is 1. The summed E-state index contributed by atoms with van der Waals surface area (Å²) in [4.78, 5) is 0. The summed E-state index contributed by atoms with van der Waals surface area (Å²) in [6, 6.07) is 0. The number of aliphatic hydroxyl groups is 1. The van der Waals surface area contributed by atoms with E-state index in [1.165, 1.54) is 83.5 Å². The first-order valence-electron chi connectivity index (χ1n) is 7.94. The topological polar surface area (TPSA) is 20.2 Å². The van der Waals surface area contributed by atoms with E-state index in [1.54, 1.807) is 0 Å². The fraction of sp³-hybridized carbons (Fsp3) is 1.00. The van der Waals surface area contributed by atoms with Crippen molar-refractivity contribution in [2.75, 3.05) is 6.61 Å². The lowest BCUT2D eigenvalue weighted by atomic mass is 9.71. The van der Waals surface area contributed by atoms with Crippen LogP contribution < -0.4 is 0 Å². The van der Waals surface area contributed by atoms with Crippen molar-refractivity contribution in [2.24, 2.45) is 5.41 Å². The molecule has 1 saturated carbocycles. The Hall–Kier alpha value is -0.0400. The summed E-state index contributed by atoms with van der Waals surface area (Å²) in [5.74, 6) is 0. The SMILES string of the molecule is CCCCCCCCCC1(CO)CCCCC1. The van der Waals surface area contributed by atoms with E-state index < -0.39 is 0 Å². The Kier molecular flexibility index (Phi) is 7.92. The summed E-state index contributed by atoms with van der Waals surface area (Å²) in [6.07, 6.45) is 17.6. The standard InChI is InChI=1S/C16H32O/c1-2-3-4-5-6-7-9-12-16(15-17)13-10-8-11-14-16/h17H,2-15H2,1H3. The van der Waals surface area contributed by atoms with Crippen LogP contribution in [0.4, 0.5) is 0 Å². The molecule has 0 aromatic heterocycles. The van der Waals surface area contributed by atoms with E-state index in [4.69, 9.17) is 0 Å². The van der Waals surface area contributed by atoms with Gasteiger partial charge in [-0.05, 0) is 24.7 Å². The van der Waals surface area contributed by atoms with Gasteiger partial charge in [0.15, 0.2) is 0 Å². The van der Waals surface area contributed by atoms with Crippen molar-refractivity contribution in [3.63, 3.8) is 0 Å². The molecule has 1 nitrogen and oxygen atoms in total. The molecular weight excluding hydrogens is 208 g/mol. The van der Waals surface area contributed by atoms with Crippen molar-refractivity contribution in [3.05, 3.63) is 0 Å². The highest BCUT2D eigenvalue weighted by Gasteiger charge is 2.30. The highest BCUT2D eigenvalue weighted by Crippen LogP contribution is 2.40. The average Bonchev–Trinajstić information content (AvgIpc) is 2.39. The van der Waals surface area contributed by atoms with Crippen LogP contribution in [-0.4, -0.2) is 11.7 Å². The van der Waals surface area contributed by atoms with Crippen LogP contribution >= 0.6 is 0 Å². The molecule has 1 heteroatoms. The van der Waals surface area contributed by atoms with E-state index in [-0.39, 0.29) is 0 Å². The molecule has 0 unspecified atom stereocenters. The Morgan fingerprint density at radius 1 is 0.824 bits per heavy atom. The number of hydrogen-bond donors (Lipinski definition) is 1. The van der Waals surface area contributed by atoms with Gasteiger partial charge in [0, 0.05) is 6.61 Å². The third-order valence-corrected chi connectivity index (χ3v) is 4.56. The molecule has 0 aromatic carbocycles. The zero-order valence-electron chi connectivity index (χ0n) is 11.8. The molecule has 0 saturated heterocycles. The Labute approximate surface area is 108 Å². The van der Waals surface area contributed by atoms with E-state index >= 15 is 0 Å². The van der Waals surface area contributed by atoms with Gasteiger partial charge in [-0.2, -0.15) is 0 Å². The van der Waals surface area contributed by atoms with E-state index in [2.05, 4.69) is 6.92 Å². The summed E-state index contributed by atoms with van der Waals surface area (Å²) < 4.78 is 0. The molecule has 0 radical (unpaired) electrons. The summed E-state index contributed by atoms with van der Waals surface area (Å²) >= 11 is 0. The lowest BCUT2D eigenvalue weighted by molar-refractivity contribution is 0.0706. The monoisotopic (exact) mass is 240 g/mol. The summed E-state index contributed by atoms with van der Waals surface area (Å²) in [5.41, 5.74) is 0.321. The van der Waals surface area contributed by atoms with E-state index in [9.17, 15) is 5.11 Å². The van der Waals surface area contributed by atoms with Gasteiger partial charge in [0.2, 0.25) is 0 Å². The Morgan fingerprint density at radius 2 is 1.41 bits per heavy atom. The second kappa shape index (κ2) is 8.97. The van der Waals surface area contributed by atoms with Crippen LogP contribution in [0.2, 0.25) is 0 Å². The highest BCUT2D eigenvalue weighted by atomic mass is 16.3. The maximum absolute atomic E-state index is 9.61. The molecule has 0 atom stereocenters. The van der Waals surface area contributed by atoms with Gasteiger partial charge < -0.3 is 5.11 Å². The minimum Gasteiger partial charge on any atom is -0.396 e. The lowest BCUT2D eigenvalue weighted by Crippen LogP contribution is -2.28. The molecule has 0 heterocycles. The molecule has 17 heavy (non-hydrogen) atoms. The zero-order valence-corrected chi connectivity index (χ0v) is 11.8. The van der Waals surface area contributed by atoms with Gasteiger partial charge in [-0.15, -0.1) is 0 Å². The number of unbranched alkanes of at least 4 members (excludes halogenated alkanes) is 6.